The Bertz CT molecular complexity index is 427. The van der Waals surface area contributed by atoms with Crippen LogP contribution in [0.3, 0.4) is 0 Å². The number of nitrogens with zero attached hydrogens (tertiary/aromatic N) is 2. The van der Waals surface area contributed by atoms with Gasteiger partial charge in [-0.05, 0) is 50.1 Å². The van der Waals surface area contributed by atoms with Gasteiger partial charge < -0.3 is 10.2 Å². The zero-order chi connectivity index (χ0) is 13.0. The van der Waals surface area contributed by atoms with E-state index >= 15 is 0 Å². The second kappa shape index (κ2) is 5.88. The fourth-order valence-electron chi connectivity index (χ4n) is 2.68. The van der Waals surface area contributed by atoms with Crippen molar-refractivity contribution >= 4 is 5.69 Å². The SMILES string of the molecule is Cc1cc(C)cc(N2CCCNCC2CC#N)c1. The van der Waals surface area contributed by atoms with E-state index in [1.54, 1.807) is 0 Å². The highest BCUT2D eigenvalue weighted by molar-refractivity contribution is 5.52. The van der Waals surface area contributed by atoms with Gasteiger partial charge in [0.1, 0.15) is 0 Å². The van der Waals surface area contributed by atoms with Crippen LogP contribution in [0.25, 0.3) is 0 Å². The number of hydrogen-bond acceptors (Lipinski definition) is 3. The molecular weight excluding hydrogens is 222 g/mol. The van der Waals surface area contributed by atoms with E-state index in [4.69, 9.17) is 5.26 Å². The lowest BCUT2D eigenvalue weighted by Gasteiger charge is -2.31. The Balaban J connectivity index is 2.28. The molecule has 1 aliphatic heterocycles. The van der Waals surface area contributed by atoms with Gasteiger partial charge in [0.05, 0.1) is 18.5 Å². The van der Waals surface area contributed by atoms with Gasteiger partial charge in [0.25, 0.3) is 0 Å². The second-order valence-corrected chi connectivity index (χ2v) is 5.11. The first-order valence-electron chi connectivity index (χ1n) is 6.63. The molecule has 96 valence electrons. The average Bonchev–Trinajstić information content (AvgIpc) is 2.54. The standard InChI is InChI=1S/C15H21N3/c1-12-8-13(2)10-15(9-12)18-7-3-6-17-11-14(18)4-5-16/h8-10,14,17H,3-4,6-7,11H2,1-2H3. The minimum atomic E-state index is 0.290. The average molecular weight is 243 g/mol. The third-order valence-electron chi connectivity index (χ3n) is 3.44. The lowest BCUT2D eigenvalue weighted by molar-refractivity contribution is 0.597. The fourth-order valence-corrected chi connectivity index (χ4v) is 2.68. The van der Waals surface area contributed by atoms with Crippen molar-refractivity contribution in [3.63, 3.8) is 0 Å². The van der Waals surface area contributed by atoms with Crippen LogP contribution in [0.5, 0.6) is 0 Å². The summed E-state index contributed by atoms with van der Waals surface area (Å²) >= 11 is 0. The number of anilines is 1. The third-order valence-corrected chi connectivity index (χ3v) is 3.44. The van der Waals surface area contributed by atoms with Gasteiger partial charge in [-0.15, -0.1) is 0 Å². The van der Waals surface area contributed by atoms with E-state index in [-0.39, 0.29) is 0 Å². The first-order chi connectivity index (χ1) is 8.70. The van der Waals surface area contributed by atoms with Gasteiger partial charge in [-0.3, -0.25) is 0 Å². The van der Waals surface area contributed by atoms with Gasteiger partial charge in [-0.25, -0.2) is 0 Å². The molecule has 1 heterocycles. The quantitative estimate of drug-likeness (QED) is 0.867. The van der Waals surface area contributed by atoms with Gasteiger partial charge in [0, 0.05) is 18.8 Å². The molecule has 0 radical (unpaired) electrons. The Morgan fingerprint density at radius 3 is 2.72 bits per heavy atom. The van der Waals surface area contributed by atoms with Crippen LogP contribution in [0, 0.1) is 25.2 Å². The number of benzene rings is 1. The monoisotopic (exact) mass is 243 g/mol. The van der Waals surface area contributed by atoms with Crippen LogP contribution in [0.4, 0.5) is 5.69 Å². The predicted octanol–water partition coefficient (Wildman–Crippen LogP) is 2.39. The van der Waals surface area contributed by atoms with E-state index in [0.717, 1.165) is 26.1 Å². The minimum absolute atomic E-state index is 0.290. The summed E-state index contributed by atoms with van der Waals surface area (Å²) in [6.07, 6.45) is 1.72. The molecule has 1 aliphatic rings. The maximum Gasteiger partial charge on any atom is 0.0643 e. The first-order valence-corrected chi connectivity index (χ1v) is 6.63. The summed E-state index contributed by atoms with van der Waals surface area (Å²) in [6, 6.07) is 9.25. The lowest BCUT2D eigenvalue weighted by atomic mass is 10.1. The maximum absolute atomic E-state index is 8.98. The molecular formula is C15H21N3. The molecule has 0 aliphatic carbocycles. The molecule has 0 bridgehead atoms. The molecule has 3 heteroatoms. The molecule has 3 nitrogen and oxygen atoms in total. The molecule has 0 saturated carbocycles. The normalized spacial score (nSPS) is 20.3. The van der Waals surface area contributed by atoms with Crippen molar-refractivity contribution < 1.29 is 0 Å². The Labute approximate surface area is 109 Å². The predicted molar refractivity (Wildman–Crippen MR) is 74.8 cm³/mol. The van der Waals surface area contributed by atoms with E-state index in [2.05, 4.69) is 48.3 Å². The van der Waals surface area contributed by atoms with Crippen molar-refractivity contribution in [1.82, 2.24) is 5.32 Å². The molecule has 2 rings (SSSR count). The molecule has 1 unspecified atom stereocenters. The van der Waals surface area contributed by atoms with Crippen LogP contribution >= 0.6 is 0 Å². The van der Waals surface area contributed by atoms with Gasteiger partial charge >= 0.3 is 0 Å². The molecule has 1 saturated heterocycles. The number of nitriles is 1. The minimum Gasteiger partial charge on any atom is -0.366 e. The summed E-state index contributed by atoms with van der Waals surface area (Å²) in [6.45, 7) is 7.24. The summed E-state index contributed by atoms with van der Waals surface area (Å²) in [5, 5.41) is 12.4. The zero-order valence-electron chi connectivity index (χ0n) is 11.2. The summed E-state index contributed by atoms with van der Waals surface area (Å²) < 4.78 is 0. The van der Waals surface area contributed by atoms with Gasteiger partial charge in [-0.2, -0.15) is 5.26 Å². The Morgan fingerprint density at radius 2 is 2.06 bits per heavy atom. The topological polar surface area (TPSA) is 39.1 Å². The van der Waals surface area contributed by atoms with Crippen LogP contribution < -0.4 is 10.2 Å². The first kappa shape index (κ1) is 12.9. The van der Waals surface area contributed by atoms with E-state index in [0.29, 0.717) is 12.5 Å². The molecule has 1 aromatic carbocycles. The van der Waals surface area contributed by atoms with Crippen molar-refractivity contribution in [2.75, 3.05) is 24.5 Å². The van der Waals surface area contributed by atoms with Crippen molar-refractivity contribution in [1.29, 1.82) is 5.26 Å². The Kier molecular flexibility index (Phi) is 4.22. The fraction of sp³-hybridized carbons (Fsp3) is 0.533. The van der Waals surface area contributed by atoms with Crippen molar-refractivity contribution in [2.24, 2.45) is 0 Å². The van der Waals surface area contributed by atoms with Crippen LogP contribution in [-0.4, -0.2) is 25.7 Å². The molecule has 1 atom stereocenters. The summed E-state index contributed by atoms with van der Waals surface area (Å²) in [7, 11) is 0. The number of rotatable bonds is 2. The van der Waals surface area contributed by atoms with Gasteiger partial charge in [0.2, 0.25) is 0 Å². The van der Waals surface area contributed by atoms with Gasteiger partial charge in [0.15, 0.2) is 0 Å². The summed E-state index contributed by atoms with van der Waals surface area (Å²) in [5.74, 6) is 0. The van der Waals surface area contributed by atoms with E-state index < -0.39 is 0 Å². The Morgan fingerprint density at radius 1 is 1.33 bits per heavy atom. The molecule has 0 amide bonds. The maximum atomic E-state index is 8.98. The van der Waals surface area contributed by atoms with E-state index in [1.807, 2.05) is 0 Å². The van der Waals surface area contributed by atoms with Gasteiger partial charge in [-0.1, -0.05) is 6.07 Å². The highest BCUT2D eigenvalue weighted by Gasteiger charge is 2.21. The molecule has 1 fully saturated rings. The molecule has 18 heavy (non-hydrogen) atoms. The van der Waals surface area contributed by atoms with Crippen LogP contribution in [0.2, 0.25) is 0 Å². The summed E-state index contributed by atoms with van der Waals surface area (Å²) in [4.78, 5) is 2.39. The molecule has 1 N–H and O–H groups in total. The highest BCUT2D eigenvalue weighted by atomic mass is 15.2. The van der Waals surface area contributed by atoms with Crippen LogP contribution in [0.1, 0.15) is 24.0 Å². The van der Waals surface area contributed by atoms with Crippen LogP contribution in [0.15, 0.2) is 18.2 Å². The molecule has 0 spiro atoms. The second-order valence-electron chi connectivity index (χ2n) is 5.11. The number of aryl methyl sites for hydroxylation is 2. The smallest absolute Gasteiger partial charge is 0.0643 e. The zero-order valence-corrected chi connectivity index (χ0v) is 11.2. The summed E-state index contributed by atoms with van der Waals surface area (Å²) in [5.41, 5.74) is 3.84. The number of hydrogen-bond donors (Lipinski definition) is 1. The molecule has 1 aromatic rings. The molecule has 0 aromatic heterocycles. The largest absolute Gasteiger partial charge is 0.366 e. The number of nitrogens with one attached hydrogen (secondary N) is 1. The highest BCUT2D eigenvalue weighted by Crippen LogP contribution is 2.23. The Hall–Kier alpha value is -1.53. The lowest BCUT2D eigenvalue weighted by Crippen LogP contribution is -2.39. The third kappa shape index (κ3) is 3.02. The van der Waals surface area contributed by atoms with E-state index in [9.17, 15) is 0 Å². The van der Waals surface area contributed by atoms with E-state index in [1.165, 1.54) is 16.8 Å². The van der Waals surface area contributed by atoms with Crippen molar-refractivity contribution in [3.05, 3.63) is 29.3 Å². The van der Waals surface area contributed by atoms with Crippen LogP contribution in [-0.2, 0) is 0 Å². The van der Waals surface area contributed by atoms with Crippen molar-refractivity contribution in [2.45, 2.75) is 32.7 Å². The van der Waals surface area contributed by atoms with Crippen molar-refractivity contribution in [3.8, 4) is 6.07 Å².